The highest BCUT2D eigenvalue weighted by atomic mass is 15.3. The molecule has 0 radical (unpaired) electrons. The first kappa shape index (κ1) is 15.3. The summed E-state index contributed by atoms with van der Waals surface area (Å²) in [4.78, 5) is 11.5. The van der Waals surface area contributed by atoms with Gasteiger partial charge < -0.3 is 4.90 Å². The van der Waals surface area contributed by atoms with Crippen molar-refractivity contribution in [2.45, 2.75) is 25.2 Å². The number of rotatable bonds is 4. The fourth-order valence-electron chi connectivity index (χ4n) is 3.69. The van der Waals surface area contributed by atoms with Gasteiger partial charge in [0.05, 0.1) is 5.69 Å². The average molecular weight is 321 g/mol. The minimum absolute atomic E-state index is 0.454. The topological polar surface area (TPSA) is 46.8 Å². The first-order valence-electron chi connectivity index (χ1n) is 8.71. The van der Waals surface area contributed by atoms with Gasteiger partial charge in [-0.2, -0.15) is 5.10 Å². The maximum absolute atomic E-state index is 4.73. The summed E-state index contributed by atoms with van der Waals surface area (Å²) in [7, 11) is 1.95. The molecule has 3 heterocycles. The van der Waals surface area contributed by atoms with Crippen LogP contribution in [0.1, 0.15) is 30.0 Å². The molecule has 1 atom stereocenters. The molecule has 24 heavy (non-hydrogen) atoms. The molecular formula is C19H23N5. The van der Waals surface area contributed by atoms with Gasteiger partial charge in [0.25, 0.3) is 0 Å². The summed E-state index contributed by atoms with van der Waals surface area (Å²) in [6.07, 6.45) is 7.02. The third-order valence-corrected chi connectivity index (χ3v) is 4.94. The summed E-state index contributed by atoms with van der Waals surface area (Å²) >= 11 is 0. The van der Waals surface area contributed by atoms with Crippen molar-refractivity contribution < 1.29 is 0 Å². The maximum atomic E-state index is 4.73. The van der Waals surface area contributed by atoms with Gasteiger partial charge >= 0.3 is 0 Å². The van der Waals surface area contributed by atoms with E-state index in [1.807, 2.05) is 11.7 Å². The van der Waals surface area contributed by atoms with Crippen LogP contribution in [0.3, 0.4) is 0 Å². The Bertz CT molecular complexity index is 811. The van der Waals surface area contributed by atoms with Crippen LogP contribution in [0.4, 0.5) is 0 Å². The predicted octanol–water partition coefficient (Wildman–Crippen LogP) is 2.79. The molecule has 1 aliphatic heterocycles. The summed E-state index contributed by atoms with van der Waals surface area (Å²) in [5.41, 5.74) is 4.38. The van der Waals surface area contributed by atoms with Crippen molar-refractivity contribution in [3.8, 4) is 0 Å². The Hall–Kier alpha value is -2.27. The van der Waals surface area contributed by atoms with Gasteiger partial charge in [-0.05, 0) is 31.4 Å². The van der Waals surface area contributed by atoms with Crippen molar-refractivity contribution in [1.82, 2.24) is 24.6 Å². The van der Waals surface area contributed by atoms with Gasteiger partial charge in [0, 0.05) is 38.4 Å². The Kier molecular flexibility index (Phi) is 4.26. The quantitative estimate of drug-likeness (QED) is 0.741. The molecule has 0 bridgehead atoms. The van der Waals surface area contributed by atoms with Crippen molar-refractivity contribution >= 4 is 11.2 Å². The van der Waals surface area contributed by atoms with Gasteiger partial charge in [0.15, 0.2) is 5.65 Å². The van der Waals surface area contributed by atoms with Crippen molar-refractivity contribution in [1.29, 1.82) is 0 Å². The van der Waals surface area contributed by atoms with E-state index in [0.29, 0.717) is 5.92 Å². The zero-order valence-corrected chi connectivity index (χ0v) is 14.1. The molecule has 4 rings (SSSR count). The highest BCUT2D eigenvalue weighted by Gasteiger charge is 2.26. The Morgan fingerprint density at radius 3 is 2.83 bits per heavy atom. The Morgan fingerprint density at radius 1 is 1.12 bits per heavy atom. The number of hydrogen-bond acceptors (Lipinski definition) is 4. The first-order chi connectivity index (χ1) is 11.8. The molecule has 0 unspecified atom stereocenters. The largest absolute Gasteiger partial charge is 0.302 e. The van der Waals surface area contributed by atoms with E-state index in [1.54, 1.807) is 12.4 Å². The van der Waals surface area contributed by atoms with Crippen LogP contribution in [0.5, 0.6) is 0 Å². The van der Waals surface area contributed by atoms with E-state index in [9.17, 15) is 0 Å². The number of nitrogens with zero attached hydrogens (tertiary/aromatic N) is 5. The van der Waals surface area contributed by atoms with Crippen molar-refractivity contribution in [2.24, 2.45) is 7.05 Å². The molecule has 0 spiro atoms. The van der Waals surface area contributed by atoms with Crippen LogP contribution in [0.15, 0.2) is 42.7 Å². The van der Waals surface area contributed by atoms with Crippen LogP contribution < -0.4 is 0 Å². The summed E-state index contributed by atoms with van der Waals surface area (Å²) in [6, 6.07) is 10.7. The fourth-order valence-corrected chi connectivity index (χ4v) is 3.69. The minimum atomic E-state index is 0.454. The number of aromatic nitrogens is 4. The molecule has 0 saturated carbocycles. The van der Waals surface area contributed by atoms with Crippen LogP contribution in [-0.2, 0) is 13.5 Å². The Balaban J connectivity index is 1.48. The van der Waals surface area contributed by atoms with E-state index in [0.717, 1.165) is 36.4 Å². The van der Waals surface area contributed by atoms with E-state index < -0.39 is 0 Å². The van der Waals surface area contributed by atoms with Gasteiger partial charge in [-0.25, -0.2) is 14.6 Å². The molecule has 2 aromatic heterocycles. The Morgan fingerprint density at radius 2 is 1.96 bits per heavy atom. The normalized spacial score (nSPS) is 19.0. The smallest absolute Gasteiger partial charge is 0.176 e. The monoisotopic (exact) mass is 321 g/mol. The van der Waals surface area contributed by atoms with Gasteiger partial charge in [-0.15, -0.1) is 0 Å². The van der Waals surface area contributed by atoms with E-state index in [-0.39, 0.29) is 0 Å². The zero-order valence-electron chi connectivity index (χ0n) is 14.1. The number of fused-ring (bicyclic) bond motifs is 1. The number of aryl methyl sites for hydroxylation is 1. The molecule has 0 N–H and O–H groups in total. The van der Waals surface area contributed by atoms with Gasteiger partial charge in [0.2, 0.25) is 0 Å². The second-order valence-corrected chi connectivity index (χ2v) is 6.61. The predicted molar refractivity (Wildman–Crippen MR) is 94.9 cm³/mol. The van der Waals surface area contributed by atoms with Crippen LogP contribution in [0.25, 0.3) is 11.2 Å². The zero-order chi connectivity index (χ0) is 16.4. The lowest BCUT2D eigenvalue weighted by atomic mass is 9.94. The van der Waals surface area contributed by atoms with Crippen molar-refractivity contribution in [3.63, 3.8) is 0 Å². The minimum Gasteiger partial charge on any atom is -0.302 e. The third-order valence-electron chi connectivity index (χ3n) is 4.94. The molecule has 1 fully saturated rings. The molecule has 0 amide bonds. The molecule has 5 heteroatoms. The summed E-state index contributed by atoms with van der Waals surface area (Å²) < 4.78 is 1.86. The molecule has 124 valence electrons. The average Bonchev–Trinajstić information content (AvgIpc) is 2.98. The molecular weight excluding hydrogens is 298 g/mol. The van der Waals surface area contributed by atoms with Gasteiger partial charge in [-0.1, -0.05) is 30.3 Å². The highest BCUT2D eigenvalue weighted by Crippen LogP contribution is 2.29. The second kappa shape index (κ2) is 6.69. The SMILES string of the molecule is Cn1nc([C@@H]2CCCN(CCc3ccccc3)C2)c2nccnc21. The number of likely N-dealkylation sites (tertiary alicyclic amines) is 1. The van der Waals surface area contributed by atoms with Crippen molar-refractivity contribution in [2.75, 3.05) is 19.6 Å². The lowest BCUT2D eigenvalue weighted by Crippen LogP contribution is -2.36. The summed E-state index contributed by atoms with van der Waals surface area (Å²) in [5, 5.41) is 4.73. The van der Waals surface area contributed by atoms with E-state index >= 15 is 0 Å². The van der Waals surface area contributed by atoms with Crippen LogP contribution in [-0.4, -0.2) is 44.3 Å². The molecule has 0 aliphatic carbocycles. The fraction of sp³-hybridized carbons (Fsp3) is 0.421. The van der Waals surface area contributed by atoms with Crippen LogP contribution in [0.2, 0.25) is 0 Å². The molecule has 3 aromatic rings. The van der Waals surface area contributed by atoms with Gasteiger partial charge in [-0.3, -0.25) is 0 Å². The Labute approximate surface area is 142 Å². The summed E-state index contributed by atoms with van der Waals surface area (Å²) in [6.45, 7) is 3.35. The number of piperidine rings is 1. The van der Waals surface area contributed by atoms with Gasteiger partial charge in [0.1, 0.15) is 5.52 Å². The molecule has 1 aliphatic rings. The second-order valence-electron chi connectivity index (χ2n) is 6.61. The lowest BCUT2D eigenvalue weighted by molar-refractivity contribution is 0.208. The standard InChI is InChI=1S/C19H23N5/c1-23-19-18(20-10-11-21-19)17(22-23)16-8-5-12-24(14-16)13-9-15-6-3-2-4-7-15/h2-4,6-7,10-11,16H,5,8-9,12-14H2,1H3/t16-/m1/s1. The molecule has 5 nitrogen and oxygen atoms in total. The molecule has 1 saturated heterocycles. The van der Waals surface area contributed by atoms with Crippen LogP contribution >= 0.6 is 0 Å². The van der Waals surface area contributed by atoms with Crippen LogP contribution in [0, 0.1) is 0 Å². The lowest BCUT2D eigenvalue weighted by Gasteiger charge is -2.32. The van der Waals surface area contributed by atoms with E-state index in [2.05, 4.69) is 45.2 Å². The third kappa shape index (κ3) is 3.04. The summed E-state index contributed by atoms with van der Waals surface area (Å²) in [5.74, 6) is 0.454. The maximum Gasteiger partial charge on any atom is 0.176 e. The van der Waals surface area contributed by atoms with E-state index in [1.165, 1.54) is 24.9 Å². The van der Waals surface area contributed by atoms with E-state index in [4.69, 9.17) is 5.10 Å². The molecule has 1 aromatic carbocycles. The first-order valence-corrected chi connectivity index (χ1v) is 8.71. The number of hydrogen-bond donors (Lipinski definition) is 0. The number of benzene rings is 1. The van der Waals surface area contributed by atoms with Crippen molar-refractivity contribution in [3.05, 3.63) is 54.0 Å². The highest BCUT2D eigenvalue weighted by molar-refractivity contribution is 5.73.